The first-order valence-electron chi connectivity index (χ1n) is 8.70. The third kappa shape index (κ3) is 12.0. The molecule has 26 heavy (non-hydrogen) atoms. The third-order valence-corrected chi connectivity index (χ3v) is 6.06. The summed E-state index contributed by atoms with van der Waals surface area (Å²) in [4.78, 5) is 26.4. The maximum atomic E-state index is 11.4. The van der Waals surface area contributed by atoms with Crippen LogP contribution in [0.1, 0.15) is 59.3 Å². The number of rotatable bonds is 12. The van der Waals surface area contributed by atoms with Crippen LogP contribution in [-0.2, 0) is 18.0 Å². The minimum atomic E-state index is -5.07. The lowest BCUT2D eigenvalue weighted by Crippen LogP contribution is -1.96. The van der Waals surface area contributed by atoms with E-state index < -0.39 is 15.6 Å². The minimum Gasteiger partial charge on any atom is -0.302 e. The summed E-state index contributed by atoms with van der Waals surface area (Å²) in [5.74, 6) is 0.471. The Labute approximate surface area is 155 Å². The Morgan fingerprint density at radius 1 is 1.00 bits per heavy atom. The fraction of sp³-hybridized carbons (Fsp3) is 0.647. The van der Waals surface area contributed by atoms with Crippen LogP contribution in [0.4, 0.5) is 0 Å². The minimum absolute atomic E-state index is 0.219. The fourth-order valence-corrected chi connectivity index (χ4v) is 4.03. The lowest BCUT2D eigenvalue weighted by molar-refractivity contribution is 0.191. The van der Waals surface area contributed by atoms with Crippen LogP contribution in [0.15, 0.2) is 34.9 Å². The number of allylic oxidation sites excluding steroid dienone is 5. The maximum Gasteiger partial charge on any atom is 0.481 e. The topological polar surface area (TPSA) is 113 Å². The van der Waals surface area contributed by atoms with E-state index in [1.807, 2.05) is 0 Å². The Kier molecular flexibility index (Phi) is 9.70. The zero-order chi connectivity index (χ0) is 19.8. The molecule has 0 radical (unpaired) electrons. The van der Waals surface area contributed by atoms with E-state index in [0.29, 0.717) is 5.92 Å². The molecule has 3 N–H and O–H groups in total. The molecular weight excluding hydrogens is 378 g/mol. The molecule has 0 bridgehead atoms. The summed E-state index contributed by atoms with van der Waals surface area (Å²) in [6, 6.07) is 0. The second kappa shape index (κ2) is 10.7. The Balaban J connectivity index is 2.46. The van der Waals surface area contributed by atoms with Gasteiger partial charge in [0.2, 0.25) is 0 Å². The average molecular weight is 408 g/mol. The first-order valence-corrected chi connectivity index (χ1v) is 11.7. The van der Waals surface area contributed by atoms with Gasteiger partial charge in [0.05, 0.1) is 6.61 Å². The molecule has 0 aromatic carbocycles. The van der Waals surface area contributed by atoms with E-state index in [0.717, 1.165) is 44.1 Å². The van der Waals surface area contributed by atoms with E-state index in [9.17, 15) is 14.0 Å². The van der Waals surface area contributed by atoms with E-state index in [-0.39, 0.29) is 6.61 Å². The molecule has 0 heterocycles. The van der Waals surface area contributed by atoms with Gasteiger partial charge in [-0.25, -0.2) is 9.13 Å². The molecule has 0 saturated heterocycles. The normalized spacial score (nSPS) is 18.5. The third-order valence-electron chi connectivity index (χ3n) is 3.91. The summed E-state index contributed by atoms with van der Waals surface area (Å²) >= 11 is 0. The highest BCUT2D eigenvalue weighted by atomic mass is 31.3. The first-order chi connectivity index (χ1) is 12.0. The summed E-state index contributed by atoms with van der Waals surface area (Å²) in [6.45, 7) is 6.07. The van der Waals surface area contributed by atoms with Gasteiger partial charge in [0.25, 0.3) is 0 Å². The molecular formula is C17H30O7P2. The molecule has 1 aliphatic rings. The Morgan fingerprint density at radius 3 is 2.15 bits per heavy atom. The van der Waals surface area contributed by atoms with Crippen LogP contribution >= 0.6 is 15.6 Å². The van der Waals surface area contributed by atoms with Crippen molar-refractivity contribution in [3.8, 4) is 0 Å². The molecule has 0 aliphatic heterocycles. The Bertz CT molecular complexity index is 637. The number of hydrogen-bond donors (Lipinski definition) is 3. The molecule has 9 heteroatoms. The summed E-state index contributed by atoms with van der Waals surface area (Å²) in [7, 11) is -9.84. The highest BCUT2D eigenvalue weighted by molar-refractivity contribution is 7.60. The van der Waals surface area contributed by atoms with Gasteiger partial charge in [-0.2, -0.15) is 4.31 Å². The number of phosphoric acid groups is 2. The number of hydrogen-bond acceptors (Lipinski definition) is 4. The molecule has 1 aliphatic carbocycles. The van der Waals surface area contributed by atoms with Crippen molar-refractivity contribution in [1.82, 2.24) is 0 Å². The van der Waals surface area contributed by atoms with Crippen LogP contribution in [-0.4, -0.2) is 21.3 Å². The van der Waals surface area contributed by atoms with Crippen molar-refractivity contribution in [2.75, 3.05) is 6.61 Å². The predicted molar refractivity (Wildman–Crippen MR) is 101 cm³/mol. The lowest BCUT2D eigenvalue weighted by atomic mass is 10.0. The van der Waals surface area contributed by atoms with E-state index in [1.165, 1.54) is 11.1 Å². The molecule has 0 aromatic heterocycles. The monoisotopic (exact) mass is 408 g/mol. The van der Waals surface area contributed by atoms with Crippen molar-refractivity contribution in [2.45, 2.75) is 59.3 Å². The van der Waals surface area contributed by atoms with Crippen molar-refractivity contribution in [1.29, 1.82) is 0 Å². The number of phosphoric ester groups is 1. The Morgan fingerprint density at radius 2 is 1.62 bits per heavy atom. The van der Waals surface area contributed by atoms with Gasteiger partial charge in [0, 0.05) is 0 Å². The summed E-state index contributed by atoms with van der Waals surface area (Å²) in [6.07, 6.45) is 12.1. The standard InChI is InChI=1S/C17H30O7P2/c1-14(2)6-4-7-15(3)8-5-9-16(17-10-11-17)12-13-23-26(21,22)24-25(18,19)20/h6,8,12,17H,4-5,7,9-11,13H2,1-3H3,(H,21,22)(H2,18,19,20)/b15-8+,16-12-. The highest BCUT2D eigenvalue weighted by Gasteiger charge is 2.32. The fourth-order valence-electron chi connectivity index (χ4n) is 2.50. The van der Waals surface area contributed by atoms with Gasteiger partial charge >= 0.3 is 15.6 Å². The molecule has 1 fully saturated rings. The van der Waals surface area contributed by atoms with Gasteiger partial charge in [0.15, 0.2) is 0 Å². The average Bonchev–Trinajstić information content (AvgIpc) is 3.27. The second-order valence-corrected chi connectivity index (χ2v) is 9.63. The molecule has 1 unspecified atom stereocenters. The quantitative estimate of drug-likeness (QED) is 0.307. The smallest absolute Gasteiger partial charge is 0.302 e. The van der Waals surface area contributed by atoms with Gasteiger partial charge in [-0.05, 0) is 65.2 Å². The first kappa shape index (κ1) is 23.5. The van der Waals surface area contributed by atoms with Crippen molar-refractivity contribution >= 4 is 15.6 Å². The van der Waals surface area contributed by atoms with Crippen LogP contribution in [0.5, 0.6) is 0 Å². The largest absolute Gasteiger partial charge is 0.481 e. The van der Waals surface area contributed by atoms with Gasteiger partial charge < -0.3 is 14.7 Å². The Hall–Kier alpha value is -0.520. The van der Waals surface area contributed by atoms with Crippen LogP contribution in [0.2, 0.25) is 0 Å². The van der Waals surface area contributed by atoms with E-state index in [4.69, 9.17) is 9.79 Å². The zero-order valence-electron chi connectivity index (χ0n) is 15.6. The lowest BCUT2D eigenvalue weighted by Gasteiger charge is -2.12. The molecule has 0 spiro atoms. The predicted octanol–water partition coefficient (Wildman–Crippen LogP) is 5.02. The highest BCUT2D eigenvalue weighted by Crippen LogP contribution is 2.57. The van der Waals surface area contributed by atoms with E-state index >= 15 is 0 Å². The van der Waals surface area contributed by atoms with Gasteiger partial charge in [-0.15, -0.1) is 0 Å². The van der Waals surface area contributed by atoms with Crippen LogP contribution in [0.25, 0.3) is 0 Å². The summed E-state index contributed by atoms with van der Waals surface area (Å²) in [5.41, 5.74) is 3.80. The van der Waals surface area contributed by atoms with Crippen LogP contribution in [0, 0.1) is 5.92 Å². The molecule has 0 aromatic rings. The summed E-state index contributed by atoms with van der Waals surface area (Å²) in [5, 5.41) is 0. The molecule has 7 nitrogen and oxygen atoms in total. The van der Waals surface area contributed by atoms with Gasteiger partial charge in [-0.3, -0.25) is 4.52 Å². The summed E-state index contributed by atoms with van der Waals surface area (Å²) < 4.78 is 30.4. The van der Waals surface area contributed by atoms with Crippen molar-refractivity contribution in [3.05, 3.63) is 34.9 Å². The van der Waals surface area contributed by atoms with Gasteiger partial charge in [-0.1, -0.05) is 34.9 Å². The van der Waals surface area contributed by atoms with Crippen LogP contribution in [0.3, 0.4) is 0 Å². The van der Waals surface area contributed by atoms with Crippen LogP contribution < -0.4 is 0 Å². The molecule has 1 saturated carbocycles. The second-order valence-electron chi connectivity index (χ2n) is 6.80. The molecule has 0 amide bonds. The van der Waals surface area contributed by atoms with E-state index in [1.54, 1.807) is 6.08 Å². The maximum absolute atomic E-state index is 11.4. The van der Waals surface area contributed by atoms with Crippen molar-refractivity contribution < 1.29 is 32.6 Å². The SMILES string of the molecule is CC(C)=CCC/C(C)=C/CC/C(=C/COP(=O)(O)OP(=O)(O)O)C1CC1. The van der Waals surface area contributed by atoms with E-state index in [2.05, 4.69) is 41.8 Å². The zero-order valence-corrected chi connectivity index (χ0v) is 17.4. The van der Waals surface area contributed by atoms with Gasteiger partial charge in [0.1, 0.15) is 0 Å². The molecule has 150 valence electrons. The molecule has 1 atom stereocenters. The van der Waals surface area contributed by atoms with Crippen molar-refractivity contribution in [2.24, 2.45) is 5.92 Å². The molecule has 1 rings (SSSR count). The van der Waals surface area contributed by atoms with Crippen molar-refractivity contribution in [3.63, 3.8) is 0 Å².